The van der Waals surface area contributed by atoms with Crippen LogP contribution in [0.1, 0.15) is 86.9 Å². The van der Waals surface area contributed by atoms with Crippen molar-refractivity contribution in [3.8, 4) is 0 Å². The molecule has 3 fully saturated rings. The van der Waals surface area contributed by atoms with Crippen molar-refractivity contribution in [3.05, 3.63) is 107 Å². The van der Waals surface area contributed by atoms with Crippen LogP contribution in [0, 0.1) is 16.7 Å². The SMILES string of the molecule is CC(=O)O[C@H]1C(=O)[C@@]2(C)C(C(OC(=O)c3ccccc3)[C@]3(O)C[C@H](OC(=O)[C@H](O)[C@@H](NC(=O)c4ccco4)c4ccccc4)C(C)=C1C3(C)C)[C@]1(OC(C)=O)CO[C@@H]1C[C@@H]2O. The lowest BCUT2D eigenvalue weighted by atomic mass is 9.44. The quantitative estimate of drug-likeness (QED) is 0.130. The zero-order chi connectivity index (χ0) is 44.2. The number of esters is 4. The third-order valence-corrected chi connectivity index (χ3v) is 13.2. The molecule has 11 atom stereocenters. The molecule has 2 unspecified atom stereocenters. The number of nitrogens with one attached hydrogen (secondary N) is 1. The van der Waals surface area contributed by atoms with Crippen LogP contribution in [-0.2, 0) is 42.9 Å². The molecule has 16 nitrogen and oxygen atoms in total. The Morgan fingerprint density at radius 2 is 1.54 bits per heavy atom. The normalized spacial score (nSPS) is 32.2. The number of Topliss-reactive ketones (excluding diaryl/α,β-unsaturated/α-hetero) is 1. The third kappa shape index (κ3) is 7.14. The molecular formula is C45H49NO15. The van der Waals surface area contributed by atoms with Gasteiger partial charge in [-0.3, -0.25) is 19.2 Å². The van der Waals surface area contributed by atoms with E-state index < -0.39 is 113 Å². The first-order valence-corrected chi connectivity index (χ1v) is 20.0. The molecule has 2 aromatic carbocycles. The molecular weight excluding hydrogens is 794 g/mol. The summed E-state index contributed by atoms with van der Waals surface area (Å²) >= 11 is 0. The lowest BCUT2D eigenvalue weighted by Crippen LogP contribution is -2.82. The van der Waals surface area contributed by atoms with Crippen molar-refractivity contribution >= 4 is 35.6 Å². The van der Waals surface area contributed by atoms with Crippen LogP contribution in [0.5, 0.6) is 0 Å². The molecule has 4 N–H and O–H groups in total. The monoisotopic (exact) mass is 843 g/mol. The maximum atomic E-state index is 15.5. The summed E-state index contributed by atoms with van der Waals surface area (Å²) in [5.74, 6) is -7.15. The number of rotatable bonds is 10. The maximum Gasteiger partial charge on any atom is 0.338 e. The molecule has 1 amide bonds. The van der Waals surface area contributed by atoms with Gasteiger partial charge in [0.2, 0.25) is 0 Å². The van der Waals surface area contributed by atoms with E-state index in [0.29, 0.717) is 5.56 Å². The van der Waals surface area contributed by atoms with E-state index in [1.165, 1.54) is 44.4 Å². The van der Waals surface area contributed by atoms with Gasteiger partial charge in [-0.05, 0) is 54.8 Å². The highest BCUT2D eigenvalue weighted by Gasteiger charge is 2.78. The van der Waals surface area contributed by atoms with E-state index in [9.17, 15) is 39.3 Å². The van der Waals surface area contributed by atoms with Crippen molar-refractivity contribution in [1.29, 1.82) is 0 Å². The number of fused-ring (bicyclic) bond motifs is 5. The Morgan fingerprint density at radius 1 is 0.885 bits per heavy atom. The molecule has 61 heavy (non-hydrogen) atoms. The van der Waals surface area contributed by atoms with Crippen molar-refractivity contribution in [2.45, 2.75) is 108 Å². The van der Waals surface area contributed by atoms with Gasteiger partial charge in [0.25, 0.3) is 5.91 Å². The Bertz CT molecular complexity index is 2240. The third-order valence-electron chi connectivity index (χ3n) is 13.2. The Kier molecular flexibility index (Phi) is 11.4. The Balaban J connectivity index is 1.39. The fourth-order valence-corrected chi connectivity index (χ4v) is 9.99. The number of carbonyl (C=O) groups excluding carboxylic acids is 6. The van der Waals surface area contributed by atoms with Crippen LogP contribution < -0.4 is 5.32 Å². The van der Waals surface area contributed by atoms with Crippen LogP contribution in [0.15, 0.2) is 94.6 Å². The fraction of sp³-hybridized carbons (Fsp3) is 0.467. The standard InChI is InChI=1S/C45H49NO15/c1-23-29(59-41(54)34(50)33(26-14-9-7-10-15-26)46-39(52)28-18-13-19-56-28)21-45(55)38(60-40(53)27-16-11-8-12-17-27)36-43(6,30(49)20-31-44(36,22-57-31)61-25(3)48)37(51)35(58-24(2)47)32(23)42(45,4)5/h7-19,29-31,33-36,38,49-50,55H,20-22H2,1-6H3,(H,46,52)/t29-,30-,31+,33-,34+,35+,36?,38?,43+,44-,45+/m0/s1. The summed E-state index contributed by atoms with van der Waals surface area (Å²) in [6.07, 6.45) is -9.31. The van der Waals surface area contributed by atoms with E-state index in [4.69, 9.17) is 28.1 Å². The van der Waals surface area contributed by atoms with Gasteiger partial charge in [-0.25, -0.2) is 9.59 Å². The number of hydrogen-bond donors (Lipinski definition) is 4. The molecule has 7 rings (SSSR count). The van der Waals surface area contributed by atoms with Gasteiger partial charge in [-0.2, -0.15) is 0 Å². The van der Waals surface area contributed by atoms with Crippen LogP contribution in [0.4, 0.5) is 0 Å². The Labute approximate surface area is 351 Å². The van der Waals surface area contributed by atoms with E-state index in [1.54, 1.807) is 62.4 Å². The van der Waals surface area contributed by atoms with Crippen molar-refractivity contribution in [2.24, 2.45) is 16.7 Å². The van der Waals surface area contributed by atoms with Crippen molar-refractivity contribution < 1.29 is 72.2 Å². The van der Waals surface area contributed by atoms with Crippen LogP contribution in [0.25, 0.3) is 0 Å². The van der Waals surface area contributed by atoms with Gasteiger partial charge in [0, 0.05) is 32.1 Å². The van der Waals surface area contributed by atoms with Crippen LogP contribution in [0.2, 0.25) is 0 Å². The smallest absolute Gasteiger partial charge is 0.338 e. The molecule has 2 bridgehead atoms. The zero-order valence-electron chi connectivity index (χ0n) is 34.5. The average molecular weight is 844 g/mol. The molecule has 324 valence electrons. The molecule has 3 aromatic rings. The minimum absolute atomic E-state index is 0.0133. The van der Waals surface area contributed by atoms with Gasteiger partial charge in [-0.1, -0.05) is 62.4 Å². The van der Waals surface area contributed by atoms with E-state index in [2.05, 4.69) is 5.32 Å². The predicted molar refractivity (Wildman–Crippen MR) is 210 cm³/mol. The summed E-state index contributed by atoms with van der Waals surface area (Å²) in [4.78, 5) is 83.1. The summed E-state index contributed by atoms with van der Waals surface area (Å²) in [6, 6.07) is 17.5. The number of ether oxygens (including phenoxy) is 5. The molecule has 1 saturated heterocycles. The topological polar surface area (TPSA) is 234 Å². The van der Waals surface area contributed by atoms with E-state index in [-0.39, 0.29) is 35.5 Å². The number of aliphatic hydroxyl groups is 3. The maximum absolute atomic E-state index is 15.5. The minimum atomic E-state index is -2.40. The fourth-order valence-electron chi connectivity index (χ4n) is 9.99. The molecule has 3 aliphatic carbocycles. The van der Waals surface area contributed by atoms with Crippen LogP contribution in [-0.4, -0.2) is 105 Å². The second-order valence-corrected chi connectivity index (χ2v) is 17.0. The second-order valence-electron chi connectivity index (χ2n) is 17.0. The summed E-state index contributed by atoms with van der Waals surface area (Å²) in [5.41, 5.74) is -7.37. The molecule has 2 saturated carbocycles. The van der Waals surface area contributed by atoms with E-state index in [0.717, 1.165) is 13.8 Å². The number of ketones is 1. The van der Waals surface area contributed by atoms with Crippen LogP contribution >= 0.6 is 0 Å². The van der Waals surface area contributed by atoms with Gasteiger partial charge in [0.1, 0.15) is 23.9 Å². The summed E-state index contributed by atoms with van der Waals surface area (Å²) in [6.45, 7) is 7.92. The first kappa shape index (κ1) is 43.4. The molecule has 4 aliphatic rings. The van der Waals surface area contributed by atoms with Gasteiger partial charge in [0.05, 0.1) is 41.9 Å². The minimum Gasteiger partial charge on any atom is -0.459 e. The number of hydrogen-bond acceptors (Lipinski definition) is 15. The number of carbonyl (C=O) groups is 6. The second kappa shape index (κ2) is 16.0. The number of benzene rings is 2. The molecule has 2 heterocycles. The highest BCUT2D eigenvalue weighted by molar-refractivity contribution is 5.96. The lowest BCUT2D eigenvalue weighted by Gasteiger charge is -2.67. The molecule has 0 spiro atoms. The van der Waals surface area contributed by atoms with Crippen molar-refractivity contribution in [1.82, 2.24) is 5.32 Å². The predicted octanol–water partition coefficient (Wildman–Crippen LogP) is 3.33. The number of amides is 1. The summed E-state index contributed by atoms with van der Waals surface area (Å²) in [5, 5.41) is 40.0. The number of furan rings is 1. The highest BCUT2D eigenvalue weighted by atomic mass is 16.6. The lowest BCUT2D eigenvalue weighted by molar-refractivity contribution is -0.346. The molecule has 1 aliphatic heterocycles. The Hall–Kier alpha value is -5.68. The van der Waals surface area contributed by atoms with E-state index >= 15 is 4.79 Å². The van der Waals surface area contributed by atoms with Gasteiger partial charge in [-0.15, -0.1) is 0 Å². The van der Waals surface area contributed by atoms with Crippen LogP contribution in [0.3, 0.4) is 0 Å². The van der Waals surface area contributed by atoms with Gasteiger partial charge in [0.15, 0.2) is 29.4 Å². The van der Waals surface area contributed by atoms with Crippen molar-refractivity contribution in [2.75, 3.05) is 6.61 Å². The summed E-state index contributed by atoms with van der Waals surface area (Å²) in [7, 11) is 0. The first-order valence-electron chi connectivity index (χ1n) is 20.0. The average Bonchev–Trinajstić information content (AvgIpc) is 3.77. The molecule has 0 radical (unpaired) electrons. The molecule has 1 aromatic heterocycles. The molecule has 16 heteroatoms. The van der Waals surface area contributed by atoms with Gasteiger partial charge < -0.3 is 48.7 Å². The zero-order valence-corrected chi connectivity index (χ0v) is 34.5. The summed E-state index contributed by atoms with van der Waals surface area (Å²) < 4.78 is 35.4. The van der Waals surface area contributed by atoms with Crippen molar-refractivity contribution in [3.63, 3.8) is 0 Å². The highest BCUT2D eigenvalue weighted by Crippen LogP contribution is 2.64. The Morgan fingerprint density at radius 3 is 2.11 bits per heavy atom. The van der Waals surface area contributed by atoms with Gasteiger partial charge >= 0.3 is 23.9 Å². The van der Waals surface area contributed by atoms with E-state index in [1.807, 2.05) is 0 Å². The first-order chi connectivity index (χ1) is 28.8. The largest absolute Gasteiger partial charge is 0.459 e. The number of aliphatic hydroxyl groups excluding tert-OH is 2.